The molecule has 8 nitrogen and oxygen atoms in total. The third-order valence-corrected chi connectivity index (χ3v) is 5.65. The molecule has 0 aromatic rings. The number of carbonyl (C=O) groups excluding carboxylic acids is 3. The molecule has 2 aliphatic rings. The lowest BCUT2D eigenvalue weighted by Gasteiger charge is -2.39. The van der Waals surface area contributed by atoms with E-state index in [2.05, 4.69) is 4.90 Å². The van der Waals surface area contributed by atoms with Crippen LogP contribution < -0.4 is 0 Å². The maximum absolute atomic E-state index is 12.9. The quantitative estimate of drug-likeness (QED) is 0.689. The third-order valence-electron chi connectivity index (χ3n) is 5.65. The van der Waals surface area contributed by atoms with E-state index < -0.39 is 5.60 Å². The van der Waals surface area contributed by atoms with Crippen LogP contribution in [-0.4, -0.2) is 102 Å². The molecule has 0 bridgehead atoms. The molecular formula is C21H38N4O4. The highest BCUT2D eigenvalue weighted by atomic mass is 16.6. The molecule has 2 saturated heterocycles. The van der Waals surface area contributed by atoms with Gasteiger partial charge in [-0.25, -0.2) is 4.79 Å². The molecule has 0 saturated carbocycles. The third kappa shape index (κ3) is 6.87. The number of ether oxygens (including phenoxy) is 1. The smallest absolute Gasteiger partial charge is 0.410 e. The van der Waals surface area contributed by atoms with Crippen molar-refractivity contribution in [2.75, 3.05) is 58.9 Å². The molecule has 0 aliphatic carbocycles. The van der Waals surface area contributed by atoms with Gasteiger partial charge < -0.3 is 19.4 Å². The Morgan fingerprint density at radius 2 is 1.45 bits per heavy atom. The molecule has 2 rings (SSSR count). The number of rotatable bonds is 5. The van der Waals surface area contributed by atoms with E-state index >= 15 is 0 Å². The molecule has 166 valence electrons. The minimum absolute atomic E-state index is 0.0301. The molecule has 0 N–H and O–H groups in total. The molecule has 2 heterocycles. The van der Waals surface area contributed by atoms with Crippen LogP contribution in [0, 0.1) is 5.92 Å². The Hall–Kier alpha value is -1.83. The maximum atomic E-state index is 12.9. The second kappa shape index (κ2) is 10.3. The Labute approximate surface area is 175 Å². The first-order valence-corrected chi connectivity index (χ1v) is 10.9. The van der Waals surface area contributed by atoms with Gasteiger partial charge in [-0.05, 0) is 47.5 Å². The Balaban J connectivity index is 1.75. The first-order valence-electron chi connectivity index (χ1n) is 10.9. The Kier molecular flexibility index (Phi) is 8.31. The molecule has 0 radical (unpaired) electrons. The van der Waals surface area contributed by atoms with Crippen LogP contribution in [0.1, 0.15) is 47.5 Å². The van der Waals surface area contributed by atoms with Crippen molar-refractivity contribution in [3.63, 3.8) is 0 Å². The zero-order valence-electron chi connectivity index (χ0n) is 18.8. The zero-order chi connectivity index (χ0) is 21.6. The van der Waals surface area contributed by atoms with E-state index in [0.717, 1.165) is 26.2 Å². The largest absolute Gasteiger partial charge is 0.444 e. The fraction of sp³-hybridized carbons (Fsp3) is 0.857. The van der Waals surface area contributed by atoms with Crippen LogP contribution in [0.3, 0.4) is 0 Å². The van der Waals surface area contributed by atoms with Gasteiger partial charge in [0.05, 0.1) is 6.54 Å². The minimum Gasteiger partial charge on any atom is -0.444 e. The van der Waals surface area contributed by atoms with Crippen molar-refractivity contribution in [2.45, 2.75) is 53.1 Å². The Morgan fingerprint density at radius 3 is 1.93 bits per heavy atom. The fourth-order valence-electron chi connectivity index (χ4n) is 3.89. The molecular weight excluding hydrogens is 372 g/mol. The van der Waals surface area contributed by atoms with E-state index in [4.69, 9.17) is 4.74 Å². The van der Waals surface area contributed by atoms with Gasteiger partial charge in [0.1, 0.15) is 5.60 Å². The maximum Gasteiger partial charge on any atom is 0.410 e. The number of hydrogen-bond acceptors (Lipinski definition) is 5. The SMILES string of the molecule is CCN(CC)C(=O)CN1CCN(C(=O)C2CCN(C(=O)OC(C)(C)C)CC2)CC1. The summed E-state index contributed by atoms with van der Waals surface area (Å²) in [6.07, 6.45) is 1.06. The number of piperazine rings is 1. The van der Waals surface area contributed by atoms with Crippen LogP contribution in [0.2, 0.25) is 0 Å². The van der Waals surface area contributed by atoms with E-state index in [-0.39, 0.29) is 23.8 Å². The number of amides is 3. The summed E-state index contributed by atoms with van der Waals surface area (Å²) in [6, 6.07) is 0. The molecule has 0 atom stereocenters. The Bertz CT molecular complexity index is 570. The summed E-state index contributed by atoms with van der Waals surface area (Å²) in [5, 5.41) is 0. The standard InChI is InChI=1S/C21H38N4O4/c1-6-23(7-2)18(26)16-22-12-14-24(15-13-22)19(27)17-8-10-25(11-9-17)20(28)29-21(3,4)5/h17H,6-16H2,1-5H3. The Morgan fingerprint density at radius 1 is 0.897 bits per heavy atom. The van der Waals surface area contributed by atoms with Gasteiger partial charge in [-0.3, -0.25) is 14.5 Å². The van der Waals surface area contributed by atoms with E-state index in [1.807, 2.05) is 44.4 Å². The van der Waals surface area contributed by atoms with Gasteiger partial charge in [0, 0.05) is 58.3 Å². The van der Waals surface area contributed by atoms with Crippen molar-refractivity contribution in [2.24, 2.45) is 5.92 Å². The summed E-state index contributed by atoms with van der Waals surface area (Å²) < 4.78 is 5.42. The number of likely N-dealkylation sites (N-methyl/N-ethyl adjacent to an activating group) is 1. The fourth-order valence-corrected chi connectivity index (χ4v) is 3.89. The molecule has 8 heteroatoms. The van der Waals surface area contributed by atoms with Gasteiger partial charge in [0.2, 0.25) is 11.8 Å². The van der Waals surface area contributed by atoms with Gasteiger partial charge >= 0.3 is 6.09 Å². The summed E-state index contributed by atoms with van der Waals surface area (Å²) in [5.41, 5.74) is -0.504. The molecule has 2 aliphatic heterocycles. The summed E-state index contributed by atoms with van der Waals surface area (Å²) in [6.45, 7) is 15.4. The lowest BCUT2D eigenvalue weighted by atomic mass is 9.95. The molecule has 0 aromatic heterocycles. The van der Waals surface area contributed by atoms with Gasteiger partial charge in [0.15, 0.2) is 0 Å². The second-order valence-corrected chi connectivity index (χ2v) is 8.91. The predicted molar refractivity (Wildman–Crippen MR) is 111 cm³/mol. The molecule has 0 unspecified atom stereocenters. The number of nitrogens with zero attached hydrogens (tertiary/aromatic N) is 4. The van der Waals surface area contributed by atoms with Gasteiger partial charge in [-0.15, -0.1) is 0 Å². The lowest BCUT2D eigenvalue weighted by molar-refractivity contribution is -0.139. The van der Waals surface area contributed by atoms with Crippen LogP contribution in [0.5, 0.6) is 0 Å². The van der Waals surface area contributed by atoms with Crippen molar-refractivity contribution in [3.8, 4) is 0 Å². The lowest BCUT2D eigenvalue weighted by Crippen LogP contribution is -2.53. The topological polar surface area (TPSA) is 73.4 Å². The molecule has 0 spiro atoms. The van der Waals surface area contributed by atoms with E-state index in [0.29, 0.717) is 45.6 Å². The number of hydrogen-bond donors (Lipinski definition) is 0. The van der Waals surface area contributed by atoms with E-state index in [1.54, 1.807) is 4.90 Å². The van der Waals surface area contributed by atoms with Gasteiger partial charge in [-0.2, -0.15) is 0 Å². The first kappa shape index (κ1) is 23.4. The van der Waals surface area contributed by atoms with Crippen molar-refractivity contribution in [1.29, 1.82) is 0 Å². The van der Waals surface area contributed by atoms with Crippen LogP contribution in [0.25, 0.3) is 0 Å². The van der Waals surface area contributed by atoms with Crippen LogP contribution in [-0.2, 0) is 14.3 Å². The van der Waals surface area contributed by atoms with Gasteiger partial charge in [-0.1, -0.05) is 0 Å². The molecule has 2 fully saturated rings. The average Bonchev–Trinajstić information content (AvgIpc) is 2.68. The monoisotopic (exact) mass is 410 g/mol. The van der Waals surface area contributed by atoms with Crippen LogP contribution in [0.15, 0.2) is 0 Å². The van der Waals surface area contributed by atoms with Gasteiger partial charge in [0.25, 0.3) is 0 Å². The van der Waals surface area contributed by atoms with Crippen molar-refractivity contribution in [1.82, 2.24) is 19.6 Å². The summed E-state index contributed by atoms with van der Waals surface area (Å²) in [5.74, 6) is 0.311. The second-order valence-electron chi connectivity index (χ2n) is 8.91. The molecule has 3 amide bonds. The minimum atomic E-state index is -0.504. The average molecular weight is 411 g/mol. The normalized spacial score (nSPS) is 19.2. The highest BCUT2D eigenvalue weighted by Gasteiger charge is 2.33. The highest BCUT2D eigenvalue weighted by molar-refractivity contribution is 5.80. The summed E-state index contributed by atoms with van der Waals surface area (Å²) in [7, 11) is 0. The summed E-state index contributed by atoms with van der Waals surface area (Å²) >= 11 is 0. The van der Waals surface area contributed by atoms with E-state index in [9.17, 15) is 14.4 Å². The van der Waals surface area contributed by atoms with Crippen LogP contribution in [0.4, 0.5) is 4.79 Å². The van der Waals surface area contributed by atoms with Crippen molar-refractivity contribution in [3.05, 3.63) is 0 Å². The number of piperidine rings is 1. The first-order chi connectivity index (χ1) is 13.6. The number of carbonyl (C=O) groups is 3. The molecule has 29 heavy (non-hydrogen) atoms. The van der Waals surface area contributed by atoms with E-state index in [1.165, 1.54) is 0 Å². The van der Waals surface area contributed by atoms with Crippen LogP contribution >= 0.6 is 0 Å². The highest BCUT2D eigenvalue weighted by Crippen LogP contribution is 2.22. The summed E-state index contributed by atoms with van der Waals surface area (Å²) in [4.78, 5) is 44.9. The zero-order valence-corrected chi connectivity index (χ0v) is 18.8. The predicted octanol–water partition coefficient (Wildman–Crippen LogP) is 1.65. The number of likely N-dealkylation sites (tertiary alicyclic amines) is 1. The van der Waals surface area contributed by atoms with Crippen molar-refractivity contribution >= 4 is 17.9 Å². The van der Waals surface area contributed by atoms with Crippen molar-refractivity contribution < 1.29 is 19.1 Å². The molecule has 0 aromatic carbocycles.